The van der Waals surface area contributed by atoms with Crippen molar-refractivity contribution in [3.63, 3.8) is 0 Å². The first-order chi connectivity index (χ1) is 9.38. The van der Waals surface area contributed by atoms with Gasteiger partial charge in [-0.1, -0.05) is 0 Å². The molecule has 0 radical (unpaired) electrons. The van der Waals surface area contributed by atoms with E-state index in [9.17, 15) is 9.59 Å². The number of urea groups is 1. The van der Waals surface area contributed by atoms with Gasteiger partial charge in [0.25, 0.3) is 0 Å². The van der Waals surface area contributed by atoms with Crippen LogP contribution >= 0.6 is 11.3 Å². The van der Waals surface area contributed by atoms with Crippen LogP contribution in [0.3, 0.4) is 0 Å². The highest BCUT2D eigenvalue weighted by atomic mass is 32.1. The van der Waals surface area contributed by atoms with Crippen molar-refractivity contribution >= 4 is 23.3 Å². The maximum absolute atomic E-state index is 12.0. The van der Waals surface area contributed by atoms with Crippen LogP contribution in [0.15, 0.2) is 6.07 Å². The van der Waals surface area contributed by atoms with Gasteiger partial charge in [0.15, 0.2) is 0 Å². The topological polar surface area (TPSA) is 61.4 Å². The number of hydrogen-bond donors (Lipinski definition) is 2. The molecule has 0 spiro atoms. The third-order valence-electron chi connectivity index (χ3n) is 3.63. The van der Waals surface area contributed by atoms with Crippen LogP contribution in [-0.2, 0) is 4.79 Å². The van der Waals surface area contributed by atoms with Gasteiger partial charge in [-0.2, -0.15) is 0 Å². The molecule has 110 valence electrons. The van der Waals surface area contributed by atoms with Crippen molar-refractivity contribution in [3.05, 3.63) is 21.4 Å². The van der Waals surface area contributed by atoms with Crippen molar-refractivity contribution < 1.29 is 9.59 Å². The molecule has 0 saturated carbocycles. The molecule has 20 heavy (non-hydrogen) atoms. The van der Waals surface area contributed by atoms with E-state index >= 15 is 0 Å². The van der Waals surface area contributed by atoms with Crippen LogP contribution in [0.4, 0.5) is 4.79 Å². The molecule has 2 rings (SSSR count). The molecule has 2 N–H and O–H groups in total. The van der Waals surface area contributed by atoms with E-state index in [1.807, 2.05) is 6.92 Å². The first-order valence-electron chi connectivity index (χ1n) is 6.77. The second-order valence-corrected chi connectivity index (χ2v) is 6.77. The molecular formula is C14H21N3O2S. The second-order valence-electron chi connectivity index (χ2n) is 5.31. The Labute approximate surface area is 123 Å². The third-order valence-corrected chi connectivity index (χ3v) is 4.61. The number of hydrogen-bond acceptors (Lipinski definition) is 3. The van der Waals surface area contributed by atoms with Crippen LogP contribution in [0.25, 0.3) is 0 Å². The average molecular weight is 295 g/mol. The van der Waals surface area contributed by atoms with E-state index in [1.54, 1.807) is 23.3 Å². The lowest BCUT2D eigenvalue weighted by Crippen LogP contribution is -2.46. The third kappa shape index (κ3) is 3.12. The van der Waals surface area contributed by atoms with Crippen LogP contribution in [0, 0.1) is 13.8 Å². The van der Waals surface area contributed by atoms with Crippen molar-refractivity contribution in [3.8, 4) is 0 Å². The van der Waals surface area contributed by atoms with Gasteiger partial charge in [0.05, 0.1) is 6.04 Å². The summed E-state index contributed by atoms with van der Waals surface area (Å²) in [4.78, 5) is 27.8. The predicted molar refractivity (Wildman–Crippen MR) is 79.9 cm³/mol. The number of carbonyl (C=O) groups is 2. The van der Waals surface area contributed by atoms with Gasteiger partial charge in [-0.05, 0) is 38.8 Å². The SMILES string of the molecule is Cc1cc([C@@H](C)NC(=O)N[C@H]2CCN(C)C2=O)c(C)s1. The van der Waals surface area contributed by atoms with E-state index in [1.165, 1.54) is 9.75 Å². The molecule has 0 aliphatic carbocycles. The molecule has 3 amide bonds. The zero-order valence-electron chi connectivity index (χ0n) is 12.3. The van der Waals surface area contributed by atoms with Crippen LogP contribution in [0.5, 0.6) is 0 Å². The summed E-state index contributed by atoms with van der Waals surface area (Å²) in [5, 5.41) is 5.65. The van der Waals surface area contributed by atoms with Gasteiger partial charge in [-0.3, -0.25) is 4.79 Å². The molecule has 1 aromatic rings. The number of amides is 3. The Kier molecular flexibility index (Phi) is 4.32. The molecule has 5 nitrogen and oxygen atoms in total. The number of thiophene rings is 1. The van der Waals surface area contributed by atoms with Gasteiger partial charge >= 0.3 is 6.03 Å². The zero-order chi connectivity index (χ0) is 14.9. The molecule has 1 saturated heterocycles. The number of nitrogens with zero attached hydrogens (tertiary/aromatic N) is 1. The lowest BCUT2D eigenvalue weighted by atomic mass is 10.1. The summed E-state index contributed by atoms with van der Waals surface area (Å²) in [5.41, 5.74) is 1.14. The number of carbonyl (C=O) groups excluding carboxylic acids is 2. The van der Waals surface area contributed by atoms with Gasteiger partial charge in [0.1, 0.15) is 6.04 Å². The van der Waals surface area contributed by atoms with Crippen molar-refractivity contribution in [2.75, 3.05) is 13.6 Å². The van der Waals surface area contributed by atoms with Gasteiger partial charge in [0, 0.05) is 23.3 Å². The molecule has 6 heteroatoms. The summed E-state index contributed by atoms with van der Waals surface area (Å²) < 4.78 is 0. The molecule has 1 aliphatic rings. The van der Waals surface area contributed by atoms with E-state index in [0.717, 1.165) is 5.56 Å². The van der Waals surface area contributed by atoms with Crippen molar-refractivity contribution in [2.24, 2.45) is 0 Å². The molecular weight excluding hydrogens is 274 g/mol. The summed E-state index contributed by atoms with van der Waals surface area (Å²) in [6.45, 7) is 6.76. The van der Waals surface area contributed by atoms with Crippen molar-refractivity contribution in [1.82, 2.24) is 15.5 Å². The predicted octanol–water partition coefficient (Wildman–Crippen LogP) is 1.96. The largest absolute Gasteiger partial charge is 0.344 e. The van der Waals surface area contributed by atoms with Gasteiger partial charge in [-0.25, -0.2) is 4.79 Å². The molecule has 0 aromatic carbocycles. The minimum Gasteiger partial charge on any atom is -0.344 e. The quantitative estimate of drug-likeness (QED) is 0.895. The van der Waals surface area contributed by atoms with Crippen LogP contribution in [0.2, 0.25) is 0 Å². The Morgan fingerprint density at radius 2 is 2.20 bits per heavy atom. The highest BCUT2D eigenvalue weighted by molar-refractivity contribution is 7.12. The maximum Gasteiger partial charge on any atom is 0.315 e. The van der Waals surface area contributed by atoms with Crippen LogP contribution in [0.1, 0.15) is 34.7 Å². The van der Waals surface area contributed by atoms with E-state index in [0.29, 0.717) is 13.0 Å². The number of likely N-dealkylation sites (N-methyl/N-ethyl adjacent to an activating group) is 1. The Bertz CT molecular complexity index is 526. The smallest absolute Gasteiger partial charge is 0.315 e. The lowest BCUT2D eigenvalue weighted by molar-refractivity contribution is -0.128. The molecule has 2 atom stereocenters. The summed E-state index contributed by atoms with van der Waals surface area (Å²) >= 11 is 1.73. The van der Waals surface area contributed by atoms with Gasteiger partial charge < -0.3 is 15.5 Å². The first kappa shape index (κ1) is 14.8. The van der Waals surface area contributed by atoms with E-state index in [4.69, 9.17) is 0 Å². The Morgan fingerprint density at radius 1 is 1.50 bits per heavy atom. The fourth-order valence-electron chi connectivity index (χ4n) is 2.51. The molecule has 2 heterocycles. The fourth-order valence-corrected chi connectivity index (χ4v) is 3.53. The fraction of sp³-hybridized carbons (Fsp3) is 0.571. The summed E-state index contributed by atoms with van der Waals surface area (Å²) in [7, 11) is 1.75. The summed E-state index contributed by atoms with van der Waals surface area (Å²) in [6, 6.07) is 1.36. The van der Waals surface area contributed by atoms with Gasteiger partial charge in [0.2, 0.25) is 5.91 Å². The summed E-state index contributed by atoms with van der Waals surface area (Å²) in [6.07, 6.45) is 0.674. The van der Waals surface area contributed by atoms with Gasteiger partial charge in [-0.15, -0.1) is 11.3 Å². The molecule has 0 unspecified atom stereocenters. The normalized spacial score (nSPS) is 20.1. The van der Waals surface area contributed by atoms with Crippen molar-refractivity contribution in [1.29, 1.82) is 0 Å². The number of aryl methyl sites for hydroxylation is 2. The lowest BCUT2D eigenvalue weighted by Gasteiger charge is -2.17. The average Bonchev–Trinajstić information content (AvgIpc) is 2.85. The molecule has 1 aromatic heterocycles. The maximum atomic E-state index is 12.0. The monoisotopic (exact) mass is 295 g/mol. The summed E-state index contributed by atoms with van der Waals surface area (Å²) in [5.74, 6) is -0.0182. The standard InChI is InChI=1S/C14H21N3O2S/c1-8-7-11(10(3)20-8)9(2)15-14(19)16-12-5-6-17(4)13(12)18/h7,9,12H,5-6H2,1-4H3,(H2,15,16,19)/t9-,12+/m1/s1. The first-order valence-corrected chi connectivity index (χ1v) is 7.59. The highest BCUT2D eigenvalue weighted by Gasteiger charge is 2.30. The molecule has 1 aliphatic heterocycles. The number of nitrogens with one attached hydrogen (secondary N) is 2. The molecule has 0 bridgehead atoms. The van der Waals surface area contributed by atoms with Crippen LogP contribution in [-0.4, -0.2) is 36.5 Å². The molecule has 1 fully saturated rings. The van der Waals surface area contributed by atoms with E-state index in [-0.39, 0.29) is 18.0 Å². The minimum atomic E-state index is -0.391. The van der Waals surface area contributed by atoms with Crippen molar-refractivity contribution in [2.45, 2.75) is 39.3 Å². The Morgan fingerprint density at radius 3 is 2.70 bits per heavy atom. The number of likely N-dealkylation sites (tertiary alicyclic amines) is 1. The second kappa shape index (κ2) is 5.83. The van der Waals surface area contributed by atoms with E-state index < -0.39 is 6.04 Å². The Hall–Kier alpha value is -1.56. The number of rotatable bonds is 3. The minimum absolute atomic E-state index is 0.0182. The van der Waals surface area contributed by atoms with E-state index in [2.05, 4.69) is 30.5 Å². The highest BCUT2D eigenvalue weighted by Crippen LogP contribution is 2.26. The Balaban J connectivity index is 1.91. The van der Waals surface area contributed by atoms with Crippen LogP contribution < -0.4 is 10.6 Å². The zero-order valence-corrected chi connectivity index (χ0v) is 13.1.